The lowest BCUT2D eigenvalue weighted by Crippen LogP contribution is -2.36. The molecule has 7 nitrogen and oxygen atoms in total. The van der Waals surface area contributed by atoms with Crippen molar-refractivity contribution in [2.75, 3.05) is 26.4 Å². The van der Waals surface area contributed by atoms with Crippen molar-refractivity contribution >= 4 is 27.0 Å². The van der Waals surface area contributed by atoms with Crippen molar-refractivity contribution in [2.24, 2.45) is 0 Å². The van der Waals surface area contributed by atoms with Gasteiger partial charge in [-0.2, -0.15) is 0 Å². The molecule has 8 heteroatoms. The van der Waals surface area contributed by atoms with Gasteiger partial charge in [0, 0.05) is 20.6 Å². The third-order valence-corrected chi connectivity index (χ3v) is 5.33. The van der Waals surface area contributed by atoms with Crippen LogP contribution in [0.15, 0.2) is 30.6 Å². The van der Waals surface area contributed by atoms with Crippen LogP contribution in [0.5, 0.6) is 0 Å². The average Bonchev–Trinajstić information content (AvgIpc) is 2.89. The quantitative estimate of drug-likeness (QED) is 0.843. The van der Waals surface area contributed by atoms with E-state index in [1.807, 2.05) is 24.3 Å². The Morgan fingerprint density at radius 3 is 2.73 bits per heavy atom. The molecule has 0 bridgehead atoms. The van der Waals surface area contributed by atoms with Crippen LogP contribution in [0.1, 0.15) is 13.0 Å². The summed E-state index contributed by atoms with van der Waals surface area (Å²) in [5.74, 6) is -0.361. The van der Waals surface area contributed by atoms with Crippen LogP contribution in [0.3, 0.4) is 0 Å². The monoisotopic (exact) mass is 324 g/mol. The summed E-state index contributed by atoms with van der Waals surface area (Å²) in [5.41, 5.74) is 1.68. The highest BCUT2D eigenvalue weighted by Crippen LogP contribution is 2.17. The van der Waals surface area contributed by atoms with Crippen molar-refractivity contribution in [1.82, 2.24) is 19.2 Å². The minimum absolute atomic E-state index is 0.0797. The molecule has 1 aromatic heterocycles. The second-order valence-electron chi connectivity index (χ2n) is 5.21. The molecule has 0 saturated heterocycles. The van der Waals surface area contributed by atoms with Crippen LogP contribution < -0.4 is 5.32 Å². The number of sulfonamides is 1. The molecule has 1 amide bonds. The van der Waals surface area contributed by atoms with Crippen LogP contribution in [-0.4, -0.2) is 54.6 Å². The highest BCUT2D eigenvalue weighted by molar-refractivity contribution is 7.89. The van der Waals surface area contributed by atoms with Gasteiger partial charge in [-0.05, 0) is 19.1 Å². The molecule has 1 atom stereocenters. The Labute approximate surface area is 130 Å². The molecule has 2 aromatic rings. The summed E-state index contributed by atoms with van der Waals surface area (Å²) in [7, 11) is -0.369. The maximum atomic E-state index is 12.2. The number of amides is 1. The van der Waals surface area contributed by atoms with E-state index in [4.69, 9.17) is 0 Å². The van der Waals surface area contributed by atoms with Crippen molar-refractivity contribution in [3.63, 3.8) is 0 Å². The summed E-state index contributed by atoms with van der Waals surface area (Å²) in [6, 6.07) is 7.07. The van der Waals surface area contributed by atoms with E-state index < -0.39 is 16.1 Å². The highest BCUT2D eigenvalue weighted by Gasteiger charge is 2.18. The van der Waals surface area contributed by atoms with Gasteiger partial charge in [0.1, 0.15) is 6.04 Å². The van der Waals surface area contributed by atoms with Gasteiger partial charge in [0.2, 0.25) is 15.9 Å². The molecule has 1 unspecified atom stereocenters. The van der Waals surface area contributed by atoms with Crippen LogP contribution >= 0.6 is 0 Å². The summed E-state index contributed by atoms with van der Waals surface area (Å²) >= 11 is 0. The van der Waals surface area contributed by atoms with Crippen LogP contribution in [0.2, 0.25) is 0 Å². The van der Waals surface area contributed by atoms with Gasteiger partial charge < -0.3 is 9.88 Å². The topological polar surface area (TPSA) is 84.3 Å². The van der Waals surface area contributed by atoms with Crippen molar-refractivity contribution in [2.45, 2.75) is 13.0 Å². The number of aromatic nitrogens is 2. The SMILES string of the molecule is CC(C(=O)NCCS(=O)(=O)N(C)C)n1cnc2ccccc21. The molecule has 22 heavy (non-hydrogen) atoms. The van der Waals surface area contributed by atoms with Crippen LogP contribution in [-0.2, 0) is 14.8 Å². The predicted octanol–water partition coefficient (Wildman–Crippen LogP) is 0.605. The number of rotatable bonds is 6. The van der Waals surface area contributed by atoms with Gasteiger partial charge in [-0.1, -0.05) is 12.1 Å². The molecule has 0 radical (unpaired) electrons. The maximum absolute atomic E-state index is 12.2. The molecular formula is C14H20N4O3S. The van der Waals surface area contributed by atoms with Gasteiger partial charge in [-0.3, -0.25) is 4.79 Å². The zero-order valence-corrected chi connectivity index (χ0v) is 13.7. The van der Waals surface area contributed by atoms with E-state index >= 15 is 0 Å². The first-order chi connectivity index (χ1) is 10.3. The standard InChI is InChI=1S/C14H20N4O3S/c1-11(14(19)15-8-9-22(20,21)17(2)3)18-10-16-12-6-4-5-7-13(12)18/h4-7,10-11H,8-9H2,1-3H3,(H,15,19). The fourth-order valence-corrected chi connectivity index (χ4v) is 2.77. The zero-order valence-electron chi connectivity index (χ0n) is 12.9. The third-order valence-electron chi connectivity index (χ3n) is 3.49. The lowest BCUT2D eigenvalue weighted by Gasteiger charge is -2.15. The smallest absolute Gasteiger partial charge is 0.242 e. The van der Waals surface area contributed by atoms with Gasteiger partial charge in [0.05, 0.1) is 23.1 Å². The summed E-state index contributed by atoms with van der Waals surface area (Å²) < 4.78 is 26.2. The molecule has 0 aliphatic rings. The van der Waals surface area contributed by atoms with E-state index in [2.05, 4.69) is 10.3 Å². The molecule has 2 rings (SSSR count). The second-order valence-corrected chi connectivity index (χ2v) is 7.51. The summed E-state index contributed by atoms with van der Waals surface area (Å²) in [6.07, 6.45) is 1.62. The molecule has 0 spiro atoms. The molecule has 0 aliphatic carbocycles. The number of imidazole rings is 1. The fraction of sp³-hybridized carbons (Fsp3) is 0.429. The Morgan fingerprint density at radius 2 is 2.05 bits per heavy atom. The number of carbonyl (C=O) groups excluding carboxylic acids is 1. The van der Waals surface area contributed by atoms with Gasteiger partial charge in [-0.25, -0.2) is 17.7 Å². The molecule has 0 aliphatic heterocycles. The van der Waals surface area contributed by atoms with Crippen molar-refractivity contribution in [1.29, 1.82) is 0 Å². The molecule has 120 valence electrons. The van der Waals surface area contributed by atoms with Gasteiger partial charge in [0.15, 0.2) is 0 Å². The number of hydrogen-bond donors (Lipinski definition) is 1. The van der Waals surface area contributed by atoms with E-state index in [9.17, 15) is 13.2 Å². The number of para-hydroxylation sites is 2. The number of benzene rings is 1. The zero-order chi connectivity index (χ0) is 16.3. The number of fused-ring (bicyclic) bond motifs is 1. The molecule has 0 saturated carbocycles. The van der Waals surface area contributed by atoms with Crippen LogP contribution in [0.4, 0.5) is 0 Å². The number of hydrogen-bond acceptors (Lipinski definition) is 4. The Bertz CT molecular complexity index is 767. The van der Waals surface area contributed by atoms with Crippen molar-refractivity contribution in [3.05, 3.63) is 30.6 Å². The summed E-state index contributed by atoms with van der Waals surface area (Å²) in [6.45, 7) is 1.83. The molecule has 0 fully saturated rings. The van der Waals surface area contributed by atoms with E-state index in [0.717, 1.165) is 15.3 Å². The van der Waals surface area contributed by atoms with Crippen LogP contribution in [0.25, 0.3) is 11.0 Å². The first-order valence-electron chi connectivity index (χ1n) is 6.92. The first kappa shape index (κ1) is 16.4. The Balaban J connectivity index is 2.01. The van der Waals surface area contributed by atoms with E-state index in [0.29, 0.717) is 0 Å². The molecule has 1 aromatic carbocycles. The third kappa shape index (κ3) is 3.45. The maximum Gasteiger partial charge on any atom is 0.242 e. The van der Waals surface area contributed by atoms with E-state index in [1.54, 1.807) is 17.8 Å². The van der Waals surface area contributed by atoms with Crippen molar-refractivity contribution in [3.8, 4) is 0 Å². The minimum atomic E-state index is -3.31. The number of nitrogens with zero attached hydrogens (tertiary/aromatic N) is 3. The Hall–Kier alpha value is -1.93. The predicted molar refractivity (Wildman–Crippen MR) is 84.9 cm³/mol. The molecule has 1 N–H and O–H groups in total. The number of carbonyl (C=O) groups is 1. The lowest BCUT2D eigenvalue weighted by atomic mass is 10.2. The minimum Gasteiger partial charge on any atom is -0.353 e. The van der Waals surface area contributed by atoms with E-state index in [-0.39, 0.29) is 18.2 Å². The van der Waals surface area contributed by atoms with Gasteiger partial charge >= 0.3 is 0 Å². The van der Waals surface area contributed by atoms with Crippen LogP contribution in [0, 0.1) is 0 Å². The fourth-order valence-electron chi connectivity index (χ4n) is 2.05. The Kier molecular flexibility index (Phi) is 4.82. The molecule has 1 heterocycles. The van der Waals surface area contributed by atoms with E-state index in [1.165, 1.54) is 14.1 Å². The first-order valence-corrected chi connectivity index (χ1v) is 8.53. The normalized spacial score (nSPS) is 13.5. The highest BCUT2D eigenvalue weighted by atomic mass is 32.2. The second kappa shape index (κ2) is 6.45. The summed E-state index contributed by atoms with van der Waals surface area (Å²) in [5, 5.41) is 2.65. The number of nitrogens with one attached hydrogen (secondary N) is 1. The van der Waals surface area contributed by atoms with Gasteiger partial charge in [-0.15, -0.1) is 0 Å². The largest absolute Gasteiger partial charge is 0.353 e. The average molecular weight is 324 g/mol. The van der Waals surface area contributed by atoms with Gasteiger partial charge in [0.25, 0.3) is 0 Å². The lowest BCUT2D eigenvalue weighted by molar-refractivity contribution is -0.123. The summed E-state index contributed by atoms with van der Waals surface area (Å²) in [4.78, 5) is 16.4. The van der Waals surface area contributed by atoms with Crippen molar-refractivity contribution < 1.29 is 13.2 Å². The Morgan fingerprint density at radius 1 is 1.36 bits per heavy atom. The molecular weight excluding hydrogens is 304 g/mol.